The van der Waals surface area contributed by atoms with Gasteiger partial charge in [0.2, 0.25) is 0 Å². The Kier molecular flexibility index (Phi) is 6.45. The molecule has 19 heavy (non-hydrogen) atoms. The summed E-state index contributed by atoms with van der Waals surface area (Å²) in [7, 11) is -2.95. The van der Waals surface area contributed by atoms with Gasteiger partial charge in [0.25, 0.3) is 0 Å². The number of sulfone groups is 1. The molecule has 0 radical (unpaired) electrons. The lowest BCUT2D eigenvalue weighted by Gasteiger charge is -2.17. The lowest BCUT2D eigenvalue weighted by Crippen LogP contribution is -2.26. The van der Waals surface area contributed by atoms with Gasteiger partial charge in [0.05, 0.1) is 5.75 Å². The summed E-state index contributed by atoms with van der Waals surface area (Å²) in [6.45, 7) is 7.27. The molecule has 1 unspecified atom stereocenters. The molecule has 3 nitrogen and oxygen atoms in total. The van der Waals surface area contributed by atoms with Crippen LogP contribution in [0.15, 0.2) is 41.8 Å². The summed E-state index contributed by atoms with van der Waals surface area (Å²) in [5.41, 5.74) is 0.980. The van der Waals surface area contributed by atoms with Crippen LogP contribution in [0.1, 0.15) is 13.8 Å². The number of para-hydroxylation sites is 1. The first-order valence-corrected chi connectivity index (χ1v) is 9.09. The Morgan fingerprint density at radius 2 is 2.11 bits per heavy atom. The van der Waals surface area contributed by atoms with Crippen molar-refractivity contribution in [3.63, 3.8) is 0 Å². The summed E-state index contributed by atoms with van der Waals surface area (Å²) in [4.78, 5) is 1.11. The standard InChI is InChI=1S/C14H21NO2S2/c1-4-10-18-14-9-7-6-8-13(14)15-12(3)11-19(16,17)5-2/h4,6-9,12,15H,1,5,10-11H2,2-3H3. The second kappa shape index (κ2) is 7.60. The van der Waals surface area contributed by atoms with E-state index in [2.05, 4.69) is 11.9 Å². The number of thioether (sulfide) groups is 1. The van der Waals surface area contributed by atoms with Gasteiger partial charge in [-0.3, -0.25) is 0 Å². The van der Waals surface area contributed by atoms with E-state index in [1.165, 1.54) is 0 Å². The van der Waals surface area contributed by atoms with E-state index in [1.807, 2.05) is 37.3 Å². The Morgan fingerprint density at radius 1 is 1.42 bits per heavy atom. The minimum atomic E-state index is -2.95. The quantitative estimate of drug-likeness (QED) is 0.591. The Labute approximate surface area is 120 Å². The molecule has 5 heteroatoms. The van der Waals surface area contributed by atoms with Crippen molar-refractivity contribution in [2.45, 2.75) is 24.8 Å². The van der Waals surface area contributed by atoms with E-state index in [-0.39, 0.29) is 17.5 Å². The van der Waals surface area contributed by atoms with Gasteiger partial charge in [0.15, 0.2) is 9.84 Å². The van der Waals surface area contributed by atoms with Crippen molar-refractivity contribution in [3.05, 3.63) is 36.9 Å². The zero-order chi connectivity index (χ0) is 14.3. The van der Waals surface area contributed by atoms with Gasteiger partial charge in [-0.1, -0.05) is 25.1 Å². The summed E-state index contributed by atoms with van der Waals surface area (Å²) < 4.78 is 23.2. The van der Waals surface area contributed by atoms with Gasteiger partial charge in [0.1, 0.15) is 0 Å². The molecule has 0 saturated carbocycles. The van der Waals surface area contributed by atoms with Crippen LogP contribution in [-0.2, 0) is 9.84 Å². The molecule has 1 aromatic carbocycles. The highest BCUT2D eigenvalue weighted by Gasteiger charge is 2.14. The first kappa shape index (κ1) is 16.1. The van der Waals surface area contributed by atoms with Gasteiger partial charge >= 0.3 is 0 Å². The number of benzene rings is 1. The topological polar surface area (TPSA) is 46.2 Å². The molecule has 0 heterocycles. The van der Waals surface area contributed by atoms with Gasteiger partial charge in [0, 0.05) is 28.1 Å². The molecular formula is C14H21NO2S2. The van der Waals surface area contributed by atoms with Crippen LogP contribution in [0.5, 0.6) is 0 Å². The van der Waals surface area contributed by atoms with Gasteiger partial charge in [-0.2, -0.15) is 0 Å². The van der Waals surface area contributed by atoms with Crippen molar-refractivity contribution < 1.29 is 8.42 Å². The van der Waals surface area contributed by atoms with E-state index in [1.54, 1.807) is 18.7 Å². The molecule has 0 bridgehead atoms. The molecule has 0 spiro atoms. The molecule has 0 fully saturated rings. The molecule has 0 aliphatic rings. The first-order valence-electron chi connectivity index (χ1n) is 6.28. The molecule has 0 aliphatic heterocycles. The van der Waals surface area contributed by atoms with Gasteiger partial charge in [-0.15, -0.1) is 18.3 Å². The van der Waals surface area contributed by atoms with Crippen molar-refractivity contribution in [2.24, 2.45) is 0 Å². The Hall–Kier alpha value is -0.940. The van der Waals surface area contributed by atoms with E-state index in [4.69, 9.17) is 0 Å². The molecule has 0 amide bonds. The smallest absolute Gasteiger partial charge is 0.152 e. The number of hydrogen-bond donors (Lipinski definition) is 1. The van der Waals surface area contributed by atoms with E-state index < -0.39 is 9.84 Å². The van der Waals surface area contributed by atoms with Crippen LogP contribution in [0, 0.1) is 0 Å². The highest BCUT2D eigenvalue weighted by molar-refractivity contribution is 7.99. The van der Waals surface area contributed by atoms with E-state index in [0.717, 1.165) is 16.3 Å². The third-order valence-electron chi connectivity index (χ3n) is 2.59. The predicted octanol–water partition coefficient (Wildman–Crippen LogP) is 3.20. The molecule has 0 aromatic heterocycles. The van der Waals surface area contributed by atoms with Crippen LogP contribution >= 0.6 is 11.8 Å². The second-order valence-electron chi connectivity index (χ2n) is 4.34. The summed E-state index contributed by atoms with van der Waals surface area (Å²) in [5.74, 6) is 1.18. The third-order valence-corrected chi connectivity index (χ3v) is 5.55. The minimum Gasteiger partial charge on any atom is -0.381 e. The molecule has 1 rings (SSSR count). The maximum atomic E-state index is 11.6. The maximum absolute atomic E-state index is 11.6. The molecule has 1 aromatic rings. The van der Waals surface area contributed by atoms with Crippen LogP contribution in [0.3, 0.4) is 0 Å². The zero-order valence-corrected chi connectivity index (χ0v) is 13.1. The number of anilines is 1. The molecule has 106 valence electrons. The highest BCUT2D eigenvalue weighted by atomic mass is 32.2. The normalized spacial score (nSPS) is 12.9. The summed E-state index contributed by atoms with van der Waals surface area (Å²) >= 11 is 1.68. The summed E-state index contributed by atoms with van der Waals surface area (Å²) in [5, 5.41) is 3.28. The number of hydrogen-bond acceptors (Lipinski definition) is 4. The Morgan fingerprint density at radius 3 is 2.74 bits per heavy atom. The maximum Gasteiger partial charge on any atom is 0.152 e. The SMILES string of the molecule is C=CCSc1ccccc1NC(C)CS(=O)(=O)CC. The van der Waals surface area contributed by atoms with Crippen LogP contribution in [-0.4, -0.2) is 31.7 Å². The fourth-order valence-electron chi connectivity index (χ4n) is 1.67. The van der Waals surface area contributed by atoms with Crippen molar-refractivity contribution in [2.75, 3.05) is 22.6 Å². The van der Waals surface area contributed by atoms with Gasteiger partial charge < -0.3 is 5.32 Å². The lowest BCUT2D eigenvalue weighted by atomic mass is 10.3. The second-order valence-corrected chi connectivity index (χ2v) is 7.80. The first-order chi connectivity index (χ1) is 8.98. The van der Waals surface area contributed by atoms with E-state index in [0.29, 0.717) is 0 Å². The van der Waals surface area contributed by atoms with Crippen molar-refractivity contribution in [1.82, 2.24) is 0 Å². The monoisotopic (exact) mass is 299 g/mol. The minimum absolute atomic E-state index is 0.101. The number of rotatable bonds is 8. The third kappa shape index (κ3) is 5.70. The predicted molar refractivity (Wildman–Crippen MR) is 84.8 cm³/mol. The van der Waals surface area contributed by atoms with Crippen molar-refractivity contribution >= 4 is 27.3 Å². The van der Waals surface area contributed by atoms with Crippen molar-refractivity contribution in [3.8, 4) is 0 Å². The van der Waals surface area contributed by atoms with Gasteiger partial charge in [-0.05, 0) is 19.1 Å². The number of nitrogens with one attached hydrogen (secondary N) is 1. The van der Waals surface area contributed by atoms with E-state index in [9.17, 15) is 8.42 Å². The average Bonchev–Trinajstić information content (AvgIpc) is 2.37. The average molecular weight is 299 g/mol. The van der Waals surface area contributed by atoms with Gasteiger partial charge in [-0.25, -0.2) is 8.42 Å². The molecule has 0 aliphatic carbocycles. The lowest BCUT2D eigenvalue weighted by molar-refractivity contribution is 0.593. The van der Waals surface area contributed by atoms with Crippen LogP contribution in [0.4, 0.5) is 5.69 Å². The van der Waals surface area contributed by atoms with Crippen LogP contribution < -0.4 is 5.32 Å². The molecular weight excluding hydrogens is 278 g/mol. The zero-order valence-electron chi connectivity index (χ0n) is 11.4. The van der Waals surface area contributed by atoms with E-state index >= 15 is 0 Å². The van der Waals surface area contributed by atoms with Crippen LogP contribution in [0.25, 0.3) is 0 Å². The fourth-order valence-corrected chi connectivity index (χ4v) is 3.50. The summed E-state index contributed by atoms with van der Waals surface area (Å²) in [6, 6.07) is 7.82. The van der Waals surface area contributed by atoms with Crippen molar-refractivity contribution in [1.29, 1.82) is 0 Å². The Balaban J connectivity index is 2.73. The Bertz CT molecular complexity index is 512. The highest BCUT2D eigenvalue weighted by Crippen LogP contribution is 2.27. The largest absolute Gasteiger partial charge is 0.381 e. The molecule has 1 N–H and O–H groups in total. The fraction of sp³-hybridized carbons (Fsp3) is 0.429. The molecule has 1 atom stereocenters. The summed E-state index contributed by atoms with van der Waals surface area (Å²) in [6.07, 6.45) is 1.85. The van der Waals surface area contributed by atoms with Crippen LogP contribution in [0.2, 0.25) is 0 Å². The molecule has 0 saturated heterocycles.